The average Bonchev–Trinajstić information content (AvgIpc) is 2.96. The van der Waals surface area contributed by atoms with Crippen molar-refractivity contribution >= 4 is 22.9 Å². The number of anilines is 1. The summed E-state index contributed by atoms with van der Waals surface area (Å²) < 4.78 is 5.84. The Kier molecular flexibility index (Phi) is 3.92. The molecule has 2 heterocycles. The highest BCUT2D eigenvalue weighted by Gasteiger charge is 2.27. The van der Waals surface area contributed by atoms with Crippen molar-refractivity contribution in [2.45, 2.75) is 32.8 Å². The van der Waals surface area contributed by atoms with Gasteiger partial charge in [0.1, 0.15) is 11.9 Å². The molecule has 21 heavy (non-hydrogen) atoms. The Morgan fingerprint density at radius 3 is 3.14 bits per heavy atom. The molecule has 1 atom stereocenters. The van der Waals surface area contributed by atoms with Crippen molar-refractivity contribution in [3.05, 3.63) is 40.3 Å². The van der Waals surface area contributed by atoms with E-state index in [0.717, 1.165) is 22.7 Å². The summed E-state index contributed by atoms with van der Waals surface area (Å²) >= 11 is 1.56. The molecular formula is C16H18N2O2S. The number of hydrogen-bond donors (Lipinski definition) is 0. The van der Waals surface area contributed by atoms with Crippen LogP contribution in [0, 0.1) is 6.92 Å². The van der Waals surface area contributed by atoms with Crippen LogP contribution in [-0.2, 0) is 11.2 Å². The van der Waals surface area contributed by atoms with E-state index < -0.39 is 0 Å². The molecule has 0 radical (unpaired) electrons. The van der Waals surface area contributed by atoms with E-state index in [4.69, 9.17) is 4.74 Å². The lowest BCUT2D eigenvalue weighted by atomic mass is 10.1. The second-order valence-corrected chi connectivity index (χ2v) is 6.10. The molecule has 0 saturated carbocycles. The lowest BCUT2D eigenvalue weighted by Gasteiger charge is -2.33. The minimum Gasteiger partial charge on any atom is -0.487 e. The molecule has 1 amide bonds. The molecule has 0 saturated heterocycles. The number of fused-ring (bicyclic) bond motifs is 1. The summed E-state index contributed by atoms with van der Waals surface area (Å²) in [5.41, 5.74) is 4.80. The maximum Gasteiger partial charge on any atom is 0.227 e. The van der Waals surface area contributed by atoms with E-state index in [0.29, 0.717) is 19.4 Å². The molecule has 1 aliphatic heterocycles. The van der Waals surface area contributed by atoms with Gasteiger partial charge in [-0.05, 0) is 38.0 Å². The number of thiazole rings is 1. The van der Waals surface area contributed by atoms with Gasteiger partial charge in [-0.15, -0.1) is 11.3 Å². The first kappa shape index (κ1) is 14.1. The molecule has 1 aromatic carbocycles. The second-order valence-electron chi connectivity index (χ2n) is 5.38. The quantitative estimate of drug-likeness (QED) is 0.874. The highest BCUT2D eigenvalue weighted by atomic mass is 32.1. The minimum atomic E-state index is 0.0162. The molecule has 1 unspecified atom stereocenters. The van der Waals surface area contributed by atoms with Crippen molar-refractivity contribution in [1.29, 1.82) is 0 Å². The fraction of sp³-hybridized carbons (Fsp3) is 0.375. The number of rotatable bonds is 3. The average molecular weight is 302 g/mol. The topological polar surface area (TPSA) is 42.4 Å². The third-order valence-corrected chi connectivity index (χ3v) is 4.19. The smallest absolute Gasteiger partial charge is 0.227 e. The fourth-order valence-electron chi connectivity index (χ4n) is 2.52. The summed E-state index contributed by atoms with van der Waals surface area (Å²) in [5.74, 6) is 0.930. The molecule has 4 nitrogen and oxygen atoms in total. The third-order valence-electron chi connectivity index (χ3n) is 3.55. The van der Waals surface area contributed by atoms with Crippen LogP contribution >= 0.6 is 11.3 Å². The van der Waals surface area contributed by atoms with Crippen molar-refractivity contribution < 1.29 is 9.53 Å². The highest BCUT2D eigenvalue weighted by molar-refractivity contribution is 7.07. The lowest BCUT2D eigenvalue weighted by molar-refractivity contribution is -0.119. The van der Waals surface area contributed by atoms with Gasteiger partial charge in [0.2, 0.25) is 5.91 Å². The largest absolute Gasteiger partial charge is 0.487 e. The van der Waals surface area contributed by atoms with Crippen LogP contribution in [0.1, 0.15) is 24.6 Å². The molecular weight excluding hydrogens is 284 g/mol. The fourth-order valence-corrected chi connectivity index (χ4v) is 3.11. The summed E-state index contributed by atoms with van der Waals surface area (Å²) in [6.45, 7) is 4.62. The Morgan fingerprint density at radius 1 is 1.52 bits per heavy atom. The SMILES string of the molecule is Cc1ccc2c(c1)OC(C)CN2C(=O)CCc1cscn1. The Balaban J connectivity index is 1.77. The summed E-state index contributed by atoms with van der Waals surface area (Å²) in [4.78, 5) is 18.6. The summed E-state index contributed by atoms with van der Waals surface area (Å²) in [7, 11) is 0. The number of benzene rings is 1. The van der Waals surface area contributed by atoms with Crippen LogP contribution in [-0.4, -0.2) is 23.5 Å². The zero-order valence-corrected chi connectivity index (χ0v) is 13.0. The molecule has 110 valence electrons. The number of nitrogens with zero attached hydrogens (tertiary/aromatic N) is 2. The van der Waals surface area contributed by atoms with E-state index in [-0.39, 0.29) is 12.0 Å². The van der Waals surface area contributed by atoms with Crippen molar-refractivity contribution in [3.63, 3.8) is 0 Å². The molecule has 0 bridgehead atoms. The highest BCUT2D eigenvalue weighted by Crippen LogP contribution is 2.34. The lowest BCUT2D eigenvalue weighted by Crippen LogP contribution is -2.42. The molecule has 2 aromatic rings. The van der Waals surface area contributed by atoms with Crippen LogP contribution in [0.2, 0.25) is 0 Å². The van der Waals surface area contributed by atoms with Gasteiger partial charge in [-0.25, -0.2) is 4.98 Å². The van der Waals surface area contributed by atoms with Crippen molar-refractivity contribution in [1.82, 2.24) is 4.98 Å². The van der Waals surface area contributed by atoms with Gasteiger partial charge in [-0.2, -0.15) is 0 Å². The van der Waals surface area contributed by atoms with E-state index in [9.17, 15) is 4.79 Å². The van der Waals surface area contributed by atoms with Crippen LogP contribution in [0.25, 0.3) is 0 Å². The molecule has 0 spiro atoms. The monoisotopic (exact) mass is 302 g/mol. The number of carbonyl (C=O) groups excluding carboxylic acids is 1. The third kappa shape index (κ3) is 3.08. The standard InChI is InChI=1S/C16H18N2O2S/c1-11-3-5-14-15(7-11)20-12(2)8-18(14)16(19)6-4-13-9-21-10-17-13/h3,5,7,9-10,12H,4,6,8H2,1-2H3. The number of hydrogen-bond acceptors (Lipinski definition) is 4. The number of amides is 1. The zero-order valence-electron chi connectivity index (χ0n) is 12.2. The molecule has 0 fully saturated rings. The van der Waals surface area contributed by atoms with Crippen molar-refractivity contribution in [2.75, 3.05) is 11.4 Å². The Morgan fingerprint density at radius 2 is 2.38 bits per heavy atom. The van der Waals surface area contributed by atoms with Crippen LogP contribution in [0.15, 0.2) is 29.1 Å². The van der Waals surface area contributed by atoms with E-state index in [2.05, 4.69) is 4.98 Å². The molecule has 3 rings (SSSR count). The van der Waals surface area contributed by atoms with Gasteiger partial charge >= 0.3 is 0 Å². The van der Waals surface area contributed by atoms with Gasteiger partial charge in [0.05, 0.1) is 23.4 Å². The number of aromatic nitrogens is 1. The maximum atomic E-state index is 12.5. The number of ether oxygens (including phenoxy) is 1. The van der Waals surface area contributed by atoms with Crippen molar-refractivity contribution in [2.24, 2.45) is 0 Å². The Hall–Kier alpha value is -1.88. The number of carbonyl (C=O) groups is 1. The Bertz CT molecular complexity index is 640. The normalized spacial score (nSPS) is 17.2. The molecule has 1 aromatic heterocycles. The van der Waals surface area contributed by atoms with Gasteiger partial charge < -0.3 is 9.64 Å². The van der Waals surface area contributed by atoms with Gasteiger partial charge in [-0.1, -0.05) is 6.07 Å². The van der Waals surface area contributed by atoms with Crippen molar-refractivity contribution in [3.8, 4) is 5.75 Å². The van der Waals surface area contributed by atoms with E-state index in [1.54, 1.807) is 16.8 Å². The molecule has 0 N–H and O–H groups in total. The van der Waals surface area contributed by atoms with E-state index in [1.807, 2.05) is 42.3 Å². The van der Waals surface area contributed by atoms with E-state index >= 15 is 0 Å². The first-order valence-corrected chi connectivity index (χ1v) is 8.02. The predicted molar refractivity (Wildman–Crippen MR) is 84.1 cm³/mol. The summed E-state index contributed by atoms with van der Waals surface area (Å²) in [6.07, 6.45) is 1.18. The molecule has 1 aliphatic rings. The first-order valence-electron chi connectivity index (χ1n) is 7.08. The van der Waals surface area contributed by atoms with Crippen LogP contribution in [0.5, 0.6) is 5.75 Å². The van der Waals surface area contributed by atoms with Crippen LogP contribution in [0.3, 0.4) is 0 Å². The maximum absolute atomic E-state index is 12.5. The number of aryl methyl sites for hydroxylation is 2. The minimum absolute atomic E-state index is 0.0162. The predicted octanol–water partition coefficient (Wildman–Crippen LogP) is 3.20. The van der Waals surface area contributed by atoms with Gasteiger partial charge in [0, 0.05) is 11.8 Å². The van der Waals surface area contributed by atoms with Crippen LogP contribution < -0.4 is 9.64 Å². The summed E-state index contributed by atoms with van der Waals surface area (Å²) in [5, 5.41) is 1.99. The van der Waals surface area contributed by atoms with Crippen LogP contribution in [0.4, 0.5) is 5.69 Å². The first-order chi connectivity index (χ1) is 10.1. The molecule has 0 aliphatic carbocycles. The van der Waals surface area contributed by atoms with Gasteiger partial charge in [0.25, 0.3) is 0 Å². The second kappa shape index (κ2) is 5.85. The summed E-state index contributed by atoms with van der Waals surface area (Å²) in [6, 6.07) is 5.97. The Labute approximate surface area is 128 Å². The molecule has 5 heteroatoms. The van der Waals surface area contributed by atoms with Gasteiger partial charge in [-0.3, -0.25) is 4.79 Å². The zero-order chi connectivity index (χ0) is 14.8. The van der Waals surface area contributed by atoms with Gasteiger partial charge in [0.15, 0.2) is 0 Å². The van der Waals surface area contributed by atoms with E-state index in [1.165, 1.54) is 0 Å².